The number of aryl methyl sites for hydroxylation is 2. The van der Waals surface area contributed by atoms with Gasteiger partial charge in [0.05, 0.1) is 0 Å². The summed E-state index contributed by atoms with van der Waals surface area (Å²) in [6, 6.07) is 8.01. The SMILES string of the molecule is Cc1nnc2n1CC(CN=C(N)N1CCN(c3ccc(Cl)cc3)CC1)CC2. The molecule has 27 heavy (non-hydrogen) atoms. The highest BCUT2D eigenvalue weighted by molar-refractivity contribution is 6.30. The van der Waals surface area contributed by atoms with Gasteiger partial charge >= 0.3 is 0 Å². The van der Waals surface area contributed by atoms with E-state index in [0.717, 1.165) is 68.8 Å². The number of nitrogens with zero attached hydrogens (tertiary/aromatic N) is 6. The molecule has 0 radical (unpaired) electrons. The Labute approximate surface area is 164 Å². The van der Waals surface area contributed by atoms with E-state index in [4.69, 9.17) is 22.3 Å². The Morgan fingerprint density at radius 3 is 2.67 bits per heavy atom. The van der Waals surface area contributed by atoms with E-state index < -0.39 is 0 Å². The van der Waals surface area contributed by atoms with Gasteiger partial charge in [0, 0.05) is 56.4 Å². The van der Waals surface area contributed by atoms with Crippen LogP contribution in [0.15, 0.2) is 29.3 Å². The van der Waals surface area contributed by atoms with Gasteiger partial charge in [0.1, 0.15) is 11.6 Å². The number of hydrogen-bond donors (Lipinski definition) is 1. The molecule has 0 aliphatic carbocycles. The summed E-state index contributed by atoms with van der Waals surface area (Å²) in [5.41, 5.74) is 7.49. The Morgan fingerprint density at radius 1 is 1.19 bits per heavy atom. The first-order valence-electron chi connectivity index (χ1n) is 9.54. The lowest BCUT2D eigenvalue weighted by Crippen LogP contribution is -2.51. The smallest absolute Gasteiger partial charge is 0.191 e. The van der Waals surface area contributed by atoms with E-state index in [2.05, 4.69) is 36.7 Å². The summed E-state index contributed by atoms with van der Waals surface area (Å²) in [4.78, 5) is 9.24. The maximum atomic E-state index is 6.28. The van der Waals surface area contributed by atoms with Crippen LogP contribution in [0.1, 0.15) is 18.1 Å². The molecular weight excluding hydrogens is 362 g/mol. The number of aliphatic imine (C=N–C) groups is 1. The monoisotopic (exact) mass is 387 g/mol. The summed E-state index contributed by atoms with van der Waals surface area (Å²) in [7, 11) is 0. The van der Waals surface area contributed by atoms with E-state index in [1.54, 1.807) is 0 Å². The van der Waals surface area contributed by atoms with Crippen molar-refractivity contribution in [2.24, 2.45) is 16.6 Å². The molecule has 1 aromatic heterocycles. The minimum absolute atomic E-state index is 0.501. The molecule has 3 heterocycles. The van der Waals surface area contributed by atoms with Gasteiger partial charge in [0.15, 0.2) is 5.96 Å². The van der Waals surface area contributed by atoms with Crippen LogP contribution in [-0.4, -0.2) is 58.3 Å². The lowest BCUT2D eigenvalue weighted by atomic mass is 9.99. The second kappa shape index (κ2) is 7.76. The third-order valence-electron chi connectivity index (χ3n) is 5.54. The number of halogens is 1. The van der Waals surface area contributed by atoms with E-state index in [9.17, 15) is 0 Å². The van der Waals surface area contributed by atoms with Crippen molar-refractivity contribution >= 4 is 23.2 Å². The molecule has 0 spiro atoms. The molecule has 2 aliphatic heterocycles. The number of piperazine rings is 1. The largest absolute Gasteiger partial charge is 0.370 e. The van der Waals surface area contributed by atoms with Crippen molar-refractivity contribution in [2.75, 3.05) is 37.6 Å². The van der Waals surface area contributed by atoms with Crippen LogP contribution in [-0.2, 0) is 13.0 Å². The molecule has 1 aromatic carbocycles. The summed E-state index contributed by atoms with van der Waals surface area (Å²) < 4.78 is 2.21. The van der Waals surface area contributed by atoms with Crippen LogP contribution < -0.4 is 10.6 Å². The molecule has 7 nitrogen and oxygen atoms in total. The first kappa shape index (κ1) is 18.1. The number of guanidine groups is 1. The summed E-state index contributed by atoms with van der Waals surface area (Å²) >= 11 is 5.98. The molecule has 0 bridgehead atoms. The van der Waals surface area contributed by atoms with Gasteiger partial charge < -0.3 is 20.1 Å². The van der Waals surface area contributed by atoms with Gasteiger partial charge in [-0.3, -0.25) is 4.99 Å². The highest BCUT2D eigenvalue weighted by Crippen LogP contribution is 2.21. The van der Waals surface area contributed by atoms with Gasteiger partial charge in [-0.2, -0.15) is 0 Å². The van der Waals surface area contributed by atoms with Crippen LogP contribution in [0.5, 0.6) is 0 Å². The van der Waals surface area contributed by atoms with Crippen molar-refractivity contribution in [2.45, 2.75) is 26.3 Å². The Kier molecular flexibility index (Phi) is 5.20. The van der Waals surface area contributed by atoms with Gasteiger partial charge in [0.2, 0.25) is 0 Å². The van der Waals surface area contributed by atoms with E-state index in [-0.39, 0.29) is 0 Å². The zero-order valence-corrected chi connectivity index (χ0v) is 16.4. The fraction of sp³-hybridized carbons (Fsp3) is 0.526. The second-order valence-corrected chi connectivity index (χ2v) is 7.76. The molecule has 1 atom stereocenters. The number of hydrogen-bond acceptors (Lipinski definition) is 4. The van der Waals surface area contributed by atoms with Crippen molar-refractivity contribution in [3.8, 4) is 0 Å². The van der Waals surface area contributed by atoms with Crippen LogP contribution in [0.25, 0.3) is 0 Å². The molecule has 1 saturated heterocycles. The third-order valence-corrected chi connectivity index (χ3v) is 5.79. The van der Waals surface area contributed by atoms with Gasteiger partial charge in [-0.25, -0.2) is 0 Å². The molecule has 2 N–H and O–H groups in total. The summed E-state index contributed by atoms with van der Waals surface area (Å²) in [5.74, 6) is 3.25. The highest BCUT2D eigenvalue weighted by Gasteiger charge is 2.22. The van der Waals surface area contributed by atoms with Crippen LogP contribution in [0.3, 0.4) is 0 Å². The van der Waals surface area contributed by atoms with E-state index in [1.165, 1.54) is 5.69 Å². The highest BCUT2D eigenvalue weighted by atomic mass is 35.5. The lowest BCUT2D eigenvalue weighted by molar-refractivity contribution is 0.359. The third kappa shape index (κ3) is 4.03. The van der Waals surface area contributed by atoms with Crippen LogP contribution in [0, 0.1) is 12.8 Å². The maximum Gasteiger partial charge on any atom is 0.191 e. The fourth-order valence-corrected chi connectivity index (χ4v) is 3.97. The van der Waals surface area contributed by atoms with Gasteiger partial charge in [-0.15, -0.1) is 10.2 Å². The van der Waals surface area contributed by atoms with Gasteiger partial charge in [0.25, 0.3) is 0 Å². The van der Waals surface area contributed by atoms with Crippen molar-refractivity contribution in [3.63, 3.8) is 0 Å². The molecule has 2 aliphatic rings. The standard InChI is InChI=1S/C19H26ClN7/c1-14-23-24-18-7-2-15(13-27(14)18)12-22-19(21)26-10-8-25(9-11-26)17-5-3-16(20)4-6-17/h3-6,15H,2,7-13H2,1H3,(H2,21,22). The topological polar surface area (TPSA) is 75.6 Å². The summed E-state index contributed by atoms with van der Waals surface area (Å²) in [6.45, 7) is 7.36. The molecule has 8 heteroatoms. The minimum Gasteiger partial charge on any atom is -0.370 e. The van der Waals surface area contributed by atoms with Crippen LogP contribution in [0.4, 0.5) is 5.69 Å². The summed E-state index contributed by atoms with van der Waals surface area (Å²) in [5, 5.41) is 9.17. The molecule has 0 saturated carbocycles. The van der Waals surface area contributed by atoms with Crippen molar-refractivity contribution < 1.29 is 0 Å². The average molecular weight is 388 g/mol. The zero-order valence-electron chi connectivity index (χ0n) is 15.7. The second-order valence-electron chi connectivity index (χ2n) is 7.33. The number of anilines is 1. The van der Waals surface area contributed by atoms with E-state index in [1.807, 2.05) is 19.1 Å². The Morgan fingerprint density at radius 2 is 1.93 bits per heavy atom. The molecule has 144 valence electrons. The molecule has 1 unspecified atom stereocenters. The maximum absolute atomic E-state index is 6.28. The van der Waals surface area contributed by atoms with Crippen molar-refractivity contribution in [1.29, 1.82) is 0 Å². The normalized spacial score (nSPS) is 20.7. The first-order chi connectivity index (χ1) is 13.1. The van der Waals surface area contributed by atoms with Gasteiger partial charge in [-0.05, 0) is 43.5 Å². The number of aromatic nitrogens is 3. The quantitative estimate of drug-likeness (QED) is 0.643. The van der Waals surface area contributed by atoms with Crippen LogP contribution in [0.2, 0.25) is 5.02 Å². The Bertz CT molecular complexity index is 806. The lowest BCUT2D eigenvalue weighted by Gasteiger charge is -2.36. The summed E-state index contributed by atoms with van der Waals surface area (Å²) in [6.07, 6.45) is 2.07. The molecule has 0 amide bonds. The number of fused-ring (bicyclic) bond motifs is 1. The van der Waals surface area contributed by atoms with E-state index in [0.29, 0.717) is 11.9 Å². The molecular formula is C19H26ClN7. The molecule has 2 aromatic rings. The van der Waals surface area contributed by atoms with Crippen molar-refractivity contribution in [1.82, 2.24) is 19.7 Å². The predicted molar refractivity (Wildman–Crippen MR) is 108 cm³/mol. The predicted octanol–water partition coefficient (Wildman–Crippen LogP) is 1.94. The van der Waals surface area contributed by atoms with E-state index >= 15 is 0 Å². The van der Waals surface area contributed by atoms with Crippen LogP contribution >= 0.6 is 11.6 Å². The first-order valence-corrected chi connectivity index (χ1v) is 9.92. The molecule has 1 fully saturated rings. The molecule has 4 rings (SSSR count). The zero-order chi connectivity index (χ0) is 18.8. The number of rotatable bonds is 3. The fourth-order valence-electron chi connectivity index (χ4n) is 3.85. The van der Waals surface area contributed by atoms with Crippen molar-refractivity contribution in [3.05, 3.63) is 40.9 Å². The number of nitrogens with two attached hydrogens (primary N) is 1. The number of benzene rings is 1. The van der Waals surface area contributed by atoms with Gasteiger partial charge in [-0.1, -0.05) is 11.6 Å². The minimum atomic E-state index is 0.501. The Balaban J connectivity index is 1.29. The Hall–Kier alpha value is -2.28. The average Bonchev–Trinajstić information content (AvgIpc) is 3.07.